The van der Waals surface area contributed by atoms with Crippen LogP contribution in [0.15, 0.2) is 15.8 Å². The molecule has 0 aromatic carbocycles. The monoisotopic (exact) mass is 771 g/mol. The Balaban J connectivity index is 1.59. The van der Waals surface area contributed by atoms with Crippen molar-refractivity contribution in [3.63, 3.8) is 0 Å². The van der Waals surface area contributed by atoms with Gasteiger partial charge in [0.1, 0.15) is 37.6 Å². The van der Waals surface area contributed by atoms with Crippen LogP contribution < -0.4 is 11.2 Å². The van der Waals surface area contributed by atoms with Crippen LogP contribution in [-0.4, -0.2) is 115 Å². The van der Waals surface area contributed by atoms with Gasteiger partial charge < -0.3 is 38.1 Å². The van der Waals surface area contributed by atoms with Crippen LogP contribution >= 0.6 is 23.0 Å². The van der Waals surface area contributed by atoms with Crippen molar-refractivity contribution in [2.75, 3.05) is 46.1 Å². The average Bonchev–Trinajstić information content (AvgIpc) is 2.97. The lowest BCUT2D eigenvalue weighted by molar-refractivity contribution is -0.268. The van der Waals surface area contributed by atoms with Gasteiger partial charge >= 0.3 is 23.6 Å². The van der Waals surface area contributed by atoms with Crippen molar-refractivity contribution in [1.29, 1.82) is 0 Å². The molecule has 0 saturated carbocycles. The van der Waals surface area contributed by atoms with Gasteiger partial charge in [0.15, 0.2) is 41.6 Å². The topological polar surface area (TPSA) is 209 Å². The van der Waals surface area contributed by atoms with E-state index in [-0.39, 0.29) is 58.1 Å². The van der Waals surface area contributed by atoms with Crippen molar-refractivity contribution in [2.24, 2.45) is 0 Å². The van der Waals surface area contributed by atoms with E-state index in [9.17, 15) is 28.8 Å². The summed E-state index contributed by atoms with van der Waals surface area (Å²) in [6.07, 6.45) is -3.49. The number of aromatic amines is 1. The first-order valence-corrected chi connectivity index (χ1v) is 15.1. The number of carbonyl (C=O) groups excluding carboxylic acids is 4. The molecule has 0 spiro atoms. The number of aromatic nitrogens is 2. The first kappa shape index (κ1) is 37.5. The van der Waals surface area contributed by atoms with E-state index in [4.69, 9.17) is 38.0 Å². The molecule has 3 heterocycles. The van der Waals surface area contributed by atoms with Gasteiger partial charge in [-0.15, -0.1) is 0 Å². The van der Waals surface area contributed by atoms with Crippen molar-refractivity contribution in [2.45, 2.75) is 77.5 Å². The number of nitrogens with zero attached hydrogens (tertiary/aromatic N) is 2. The third-order valence-electron chi connectivity index (χ3n) is 6.85. The Morgan fingerprint density at radius 3 is 2.46 bits per heavy atom. The minimum absolute atomic E-state index is 0.00732. The third-order valence-corrected chi connectivity index (χ3v) is 7.11. The van der Waals surface area contributed by atoms with Crippen LogP contribution in [0.25, 0.3) is 0 Å². The number of ether oxygens (including phenoxy) is 7. The minimum Gasteiger partial charge on any atom is -0.463 e. The summed E-state index contributed by atoms with van der Waals surface area (Å²) < 4.78 is 44.8. The zero-order valence-electron chi connectivity index (χ0n) is 26.0. The number of carbonyl (C=O) groups is 4. The fourth-order valence-electron chi connectivity index (χ4n) is 4.91. The van der Waals surface area contributed by atoms with E-state index in [2.05, 4.69) is 8.20 Å². The molecule has 46 heavy (non-hydrogen) atoms. The number of hydrogen-bond acceptors (Lipinski definition) is 15. The van der Waals surface area contributed by atoms with Crippen LogP contribution in [-0.2, 0) is 60.4 Å². The Hall–Kier alpha value is -2.95. The molecular weight excluding hydrogens is 733 g/mol. The molecule has 2 saturated heterocycles. The van der Waals surface area contributed by atoms with Gasteiger partial charge in [-0.2, -0.15) is 3.22 Å². The molecule has 258 valence electrons. The number of halogens is 1. The quantitative estimate of drug-likeness (QED) is 0.0651. The van der Waals surface area contributed by atoms with Crippen LogP contribution in [0.2, 0.25) is 0 Å². The standard InChI is InChI=1S/C27H38IN3O15/c1-15-9-31(26(37)29-25(15)36)22-10-30(13-27(5,45-22)14-41-46-28)21(35)12-38-6-7-39-23-8-19(42-17(3)33)24(43-18(4)34)20(44-23)11-40-16(2)32/h9,19-20,22-24H,6-8,10-14H2,1-5H3,(H,29,36,37)/t19?,20?,22-,23-,24?,27+/m1/s1. The van der Waals surface area contributed by atoms with Crippen molar-refractivity contribution in [3.05, 3.63) is 32.6 Å². The number of rotatable bonds is 14. The molecule has 3 rings (SSSR count). The summed E-state index contributed by atoms with van der Waals surface area (Å²) in [5, 5.41) is 0. The summed E-state index contributed by atoms with van der Waals surface area (Å²) in [6, 6.07) is 0. The minimum atomic E-state index is -1.08. The first-order chi connectivity index (χ1) is 21.7. The normalized spacial score (nSPS) is 26.3. The largest absolute Gasteiger partial charge is 0.463 e. The highest BCUT2D eigenvalue weighted by molar-refractivity contribution is 14.1. The van der Waals surface area contributed by atoms with E-state index in [1.807, 2.05) is 0 Å². The molecule has 6 atom stereocenters. The van der Waals surface area contributed by atoms with Crippen LogP contribution in [0.5, 0.6) is 0 Å². The maximum atomic E-state index is 13.2. The second-order valence-electron chi connectivity index (χ2n) is 10.9. The van der Waals surface area contributed by atoms with Crippen LogP contribution in [0.4, 0.5) is 0 Å². The molecule has 0 radical (unpaired) electrons. The summed E-state index contributed by atoms with van der Waals surface area (Å²) in [5.74, 6) is -2.27. The van der Waals surface area contributed by atoms with E-state index in [0.29, 0.717) is 0 Å². The second-order valence-corrected chi connectivity index (χ2v) is 11.2. The van der Waals surface area contributed by atoms with E-state index < -0.39 is 71.5 Å². The summed E-state index contributed by atoms with van der Waals surface area (Å²) in [4.78, 5) is 81.1. The predicted molar refractivity (Wildman–Crippen MR) is 160 cm³/mol. The number of morpholine rings is 1. The molecule has 19 heteroatoms. The maximum absolute atomic E-state index is 13.2. The van der Waals surface area contributed by atoms with E-state index in [0.717, 1.165) is 0 Å². The average molecular weight is 772 g/mol. The molecule has 1 aromatic heterocycles. The third kappa shape index (κ3) is 11.1. The van der Waals surface area contributed by atoms with Gasteiger partial charge in [0.25, 0.3) is 5.56 Å². The lowest BCUT2D eigenvalue weighted by Crippen LogP contribution is -2.58. The molecule has 1 amide bonds. The number of aryl methyl sites for hydroxylation is 1. The number of hydrogen-bond donors (Lipinski definition) is 1. The molecule has 2 aliphatic rings. The highest BCUT2D eigenvalue weighted by atomic mass is 127. The predicted octanol–water partition coefficient (Wildman–Crippen LogP) is -0.166. The fourth-order valence-corrected chi connectivity index (χ4v) is 5.04. The highest BCUT2D eigenvalue weighted by Gasteiger charge is 2.44. The Kier molecular flexibility index (Phi) is 14.1. The van der Waals surface area contributed by atoms with Crippen molar-refractivity contribution < 1.29 is 60.4 Å². The summed E-state index contributed by atoms with van der Waals surface area (Å²) >= 11 is 1.54. The van der Waals surface area contributed by atoms with Crippen molar-refractivity contribution >= 4 is 46.8 Å². The summed E-state index contributed by atoms with van der Waals surface area (Å²) in [5.41, 5.74) is -2.04. The van der Waals surface area contributed by atoms with Gasteiger partial charge in [0.05, 0.1) is 26.3 Å². The molecule has 0 bridgehead atoms. The van der Waals surface area contributed by atoms with Gasteiger partial charge in [-0.05, 0) is 13.8 Å². The zero-order chi connectivity index (χ0) is 34.0. The van der Waals surface area contributed by atoms with E-state index in [1.54, 1.807) is 29.9 Å². The molecule has 1 N–H and O–H groups in total. The van der Waals surface area contributed by atoms with E-state index in [1.165, 1.54) is 43.4 Å². The molecule has 2 fully saturated rings. The Labute approximate surface area is 277 Å². The SMILES string of the molecule is CC(=O)OCC1O[C@@H](OCCOCC(=O)N2C[C@H](n3cc(C)c(=O)[nH]c3=O)O[C@](C)(COOI)C2)CC(OC(C)=O)C1OC(C)=O. The van der Waals surface area contributed by atoms with Crippen LogP contribution in [0.1, 0.15) is 45.9 Å². The summed E-state index contributed by atoms with van der Waals surface area (Å²) in [6.45, 7) is 6.08. The van der Waals surface area contributed by atoms with Gasteiger partial charge in [0, 0.05) is 39.0 Å². The molecule has 1 aromatic rings. The molecule has 0 aliphatic carbocycles. The number of esters is 3. The number of H-pyrrole nitrogens is 1. The Morgan fingerprint density at radius 2 is 1.80 bits per heavy atom. The summed E-state index contributed by atoms with van der Waals surface area (Å²) in [7, 11) is 0. The smallest absolute Gasteiger partial charge is 0.330 e. The van der Waals surface area contributed by atoms with Gasteiger partial charge in [-0.25, -0.2) is 9.68 Å². The van der Waals surface area contributed by atoms with Crippen LogP contribution in [0, 0.1) is 6.92 Å². The van der Waals surface area contributed by atoms with Gasteiger partial charge in [-0.1, -0.05) is 0 Å². The number of nitrogens with one attached hydrogen (secondary N) is 1. The Morgan fingerprint density at radius 1 is 1.09 bits per heavy atom. The van der Waals surface area contributed by atoms with Crippen molar-refractivity contribution in [1.82, 2.24) is 14.5 Å². The fraction of sp³-hybridized carbons (Fsp3) is 0.704. The van der Waals surface area contributed by atoms with Crippen molar-refractivity contribution in [3.8, 4) is 0 Å². The molecule has 2 aliphatic heterocycles. The lowest BCUT2D eigenvalue weighted by Gasteiger charge is -2.44. The molecular formula is C27H38IN3O15. The highest BCUT2D eigenvalue weighted by Crippen LogP contribution is 2.29. The molecule has 3 unspecified atom stereocenters. The zero-order valence-corrected chi connectivity index (χ0v) is 28.2. The molecule has 18 nitrogen and oxygen atoms in total. The van der Waals surface area contributed by atoms with Gasteiger partial charge in [-0.3, -0.25) is 33.5 Å². The van der Waals surface area contributed by atoms with Crippen LogP contribution in [0.3, 0.4) is 0 Å². The lowest BCUT2D eigenvalue weighted by atomic mass is 10.0. The first-order valence-electron chi connectivity index (χ1n) is 14.2. The maximum Gasteiger partial charge on any atom is 0.330 e. The van der Waals surface area contributed by atoms with Gasteiger partial charge in [0.2, 0.25) is 5.91 Å². The second kappa shape index (κ2) is 17.3. The van der Waals surface area contributed by atoms with E-state index >= 15 is 0 Å². The Bertz CT molecular complexity index is 1350. The number of amides is 1.